The SMILES string of the molecule is O=C1CN(S(=O)(=O)c2ccc(C(=O)Nc3ccccc3Cc3ccccc3)cc2)CCN1. The van der Waals surface area contributed by atoms with Crippen LogP contribution >= 0.6 is 0 Å². The molecule has 32 heavy (non-hydrogen) atoms. The lowest BCUT2D eigenvalue weighted by Gasteiger charge is -2.25. The molecule has 4 rings (SSSR count). The van der Waals surface area contributed by atoms with E-state index in [2.05, 4.69) is 10.6 Å². The average molecular weight is 450 g/mol. The number of hydrogen-bond donors (Lipinski definition) is 2. The normalized spacial score (nSPS) is 14.6. The third kappa shape index (κ3) is 4.87. The second-order valence-electron chi connectivity index (χ2n) is 7.49. The number of sulfonamides is 1. The van der Waals surface area contributed by atoms with Gasteiger partial charge in [-0.1, -0.05) is 48.5 Å². The van der Waals surface area contributed by atoms with E-state index in [0.29, 0.717) is 17.7 Å². The molecule has 7 nitrogen and oxygen atoms in total. The van der Waals surface area contributed by atoms with Crippen LogP contribution in [0.4, 0.5) is 5.69 Å². The van der Waals surface area contributed by atoms with E-state index in [1.165, 1.54) is 24.3 Å². The highest BCUT2D eigenvalue weighted by atomic mass is 32.2. The van der Waals surface area contributed by atoms with Gasteiger partial charge in [-0.25, -0.2) is 8.42 Å². The van der Waals surface area contributed by atoms with Gasteiger partial charge in [0.25, 0.3) is 5.91 Å². The van der Waals surface area contributed by atoms with E-state index < -0.39 is 10.0 Å². The Bertz CT molecular complexity index is 1230. The molecule has 0 aromatic heterocycles. The first-order chi connectivity index (χ1) is 15.4. The minimum absolute atomic E-state index is 0.0493. The molecular weight excluding hydrogens is 426 g/mol. The van der Waals surface area contributed by atoms with Gasteiger partial charge in [0.05, 0.1) is 11.4 Å². The molecule has 0 unspecified atom stereocenters. The first kappa shape index (κ1) is 21.7. The highest BCUT2D eigenvalue weighted by molar-refractivity contribution is 7.89. The number of carbonyl (C=O) groups is 2. The largest absolute Gasteiger partial charge is 0.354 e. The van der Waals surface area contributed by atoms with Crippen molar-refractivity contribution in [1.82, 2.24) is 9.62 Å². The molecule has 1 aliphatic rings. The van der Waals surface area contributed by atoms with Crippen LogP contribution in [0.1, 0.15) is 21.5 Å². The minimum Gasteiger partial charge on any atom is -0.354 e. The zero-order chi connectivity index (χ0) is 22.6. The Morgan fingerprint density at radius 1 is 0.938 bits per heavy atom. The van der Waals surface area contributed by atoms with E-state index in [1.807, 2.05) is 54.6 Å². The Morgan fingerprint density at radius 2 is 1.62 bits per heavy atom. The summed E-state index contributed by atoms with van der Waals surface area (Å²) in [5.74, 6) is -0.656. The summed E-state index contributed by atoms with van der Waals surface area (Å²) in [4.78, 5) is 24.4. The summed E-state index contributed by atoms with van der Waals surface area (Å²) in [5, 5.41) is 5.53. The molecule has 3 aromatic rings. The number of amides is 2. The molecule has 0 aliphatic carbocycles. The smallest absolute Gasteiger partial charge is 0.255 e. The summed E-state index contributed by atoms with van der Waals surface area (Å²) in [6, 6.07) is 23.3. The number of hydrogen-bond acceptors (Lipinski definition) is 4. The fraction of sp³-hybridized carbons (Fsp3) is 0.167. The Hall–Kier alpha value is -3.49. The van der Waals surface area contributed by atoms with Crippen molar-refractivity contribution >= 4 is 27.5 Å². The van der Waals surface area contributed by atoms with Crippen LogP contribution in [0.2, 0.25) is 0 Å². The molecule has 0 saturated carbocycles. The maximum absolute atomic E-state index is 12.8. The predicted octanol–water partition coefficient (Wildman–Crippen LogP) is 2.65. The molecule has 0 atom stereocenters. The fourth-order valence-corrected chi connectivity index (χ4v) is 4.95. The lowest BCUT2D eigenvalue weighted by Crippen LogP contribution is -2.49. The quantitative estimate of drug-likeness (QED) is 0.605. The van der Waals surface area contributed by atoms with Crippen LogP contribution in [-0.2, 0) is 21.2 Å². The van der Waals surface area contributed by atoms with Crippen LogP contribution in [0, 0.1) is 0 Å². The van der Waals surface area contributed by atoms with Crippen molar-refractivity contribution in [2.24, 2.45) is 0 Å². The zero-order valence-electron chi connectivity index (χ0n) is 17.3. The number of nitrogens with zero attached hydrogens (tertiary/aromatic N) is 1. The molecule has 1 fully saturated rings. The Kier molecular flexibility index (Phi) is 6.34. The molecule has 1 saturated heterocycles. The van der Waals surface area contributed by atoms with Crippen molar-refractivity contribution in [2.45, 2.75) is 11.3 Å². The molecular formula is C24H23N3O4S. The maximum atomic E-state index is 12.8. The van der Waals surface area contributed by atoms with Gasteiger partial charge in [0.1, 0.15) is 0 Å². The summed E-state index contributed by atoms with van der Waals surface area (Å²) in [5.41, 5.74) is 3.16. The molecule has 8 heteroatoms. The number of para-hydroxylation sites is 1. The molecule has 3 aromatic carbocycles. The van der Waals surface area contributed by atoms with E-state index in [-0.39, 0.29) is 36.3 Å². The molecule has 0 bridgehead atoms. The summed E-state index contributed by atoms with van der Waals surface area (Å²) < 4.78 is 26.7. The Balaban J connectivity index is 1.49. The monoisotopic (exact) mass is 449 g/mol. The van der Waals surface area contributed by atoms with Crippen molar-refractivity contribution in [2.75, 3.05) is 25.0 Å². The summed E-state index contributed by atoms with van der Waals surface area (Å²) in [6.07, 6.45) is 0.678. The molecule has 164 valence electrons. The van der Waals surface area contributed by atoms with Gasteiger partial charge >= 0.3 is 0 Å². The van der Waals surface area contributed by atoms with Gasteiger partial charge in [-0.2, -0.15) is 4.31 Å². The number of carbonyl (C=O) groups excluding carboxylic acids is 2. The second kappa shape index (κ2) is 9.33. The van der Waals surface area contributed by atoms with Crippen molar-refractivity contribution in [1.29, 1.82) is 0 Å². The van der Waals surface area contributed by atoms with Crippen molar-refractivity contribution in [3.05, 3.63) is 95.6 Å². The highest BCUT2D eigenvalue weighted by Gasteiger charge is 2.29. The first-order valence-electron chi connectivity index (χ1n) is 10.2. The van der Waals surface area contributed by atoms with E-state index in [4.69, 9.17) is 0 Å². The third-order valence-electron chi connectivity index (χ3n) is 5.26. The van der Waals surface area contributed by atoms with Crippen LogP contribution in [-0.4, -0.2) is 44.2 Å². The summed E-state index contributed by atoms with van der Waals surface area (Å²) in [7, 11) is -3.80. The number of piperazine rings is 1. The summed E-state index contributed by atoms with van der Waals surface area (Å²) >= 11 is 0. The molecule has 1 heterocycles. The van der Waals surface area contributed by atoms with E-state index in [1.54, 1.807) is 0 Å². The van der Waals surface area contributed by atoms with E-state index in [0.717, 1.165) is 15.4 Å². The Morgan fingerprint density at radius 3 is 2.34 bits per heavy atom. The molecule has 2 N–H and O–H groups in total. The van der Waals surface area contributed by atoms with Gasteiger partial charge in [0, 0.05) is 24.3 Å². The van der Waals surface area contributed by atoms with E-state index >= 15 is 0 Å². The first-order valence-corrected chi connectivity index (χ1v) is 11.7. The zero-order valence-corrected chi connectivity index (χ0v) is 18.1. The molecule has 0 spiro atoms. The molecule has 2 amide bonds. The maximum Gasteiger partial charge on any atom is 0.255 e. The second-order valence-corrected chi connectivity index (χ2v) is 9.42. The fourth-order valence-electron chi connectivity index (χ4n) is 3.55. The average Bonchev–Trinajstić information content (AvgIpc) is 2.81. The molecule has 0 radical (unpaired) electrons. The van der Waals surface area contributed by atoms with Crippen LogP contribution in [0.25, 0.3) is 0 Å². The topological polar surface area (TPSA) is 95.6 Å². The van der Waals surface area contributed by atoms with Crippen LogP contribution in [0.3, 0.4) is 0 Å². The van der Waals surface area contributed by atoms with Crippen molar-refractivity contribution in [3.63, 3.8) is 0 Å². The third-order valence-corrected chi connectivity index (χ3v) is 7.12. The van der Waals surface area contributed by atoms with Crippen LogP contribution < -0.4 is 10.6 Å². The van der Waals surface area contributed by atoms with Gasteiger partial charge in [-0.3, -0.25) is 9.59 Å². The van der Waals surface area contributed by atoms with Crippen LogP contribution in [0.15, 0.2) is 83.8 Å². The Labute approximate surface area is 187 Å². The van der Waals surface area contributed by atoms with Crippen molar-refractivity contribution in [3.8, 4) is 0 Å². The molecule has 1 aliphatic heterocycles. The van der Waals surface area contributed by atoms with Gasteiger partial charge in [0.15, 0.2) is 0 Å². The van der Waals surface area contributed by atoms with E-state index in [9.17, 15) is 18.0 Å². The highest BCUT2D eigenvalue weighted by Crippen LogP contribution is 2.21. The van der Waals surface area contributed by atoms with Crippen molar-refractivity contribution < 1.29 is 18.0 Å². The lowest BCUT2D eigenvalue weighted by atomic mass is 10.0. The lowest BCUT2D eigenvalue weighted by molar-refractivity contribution is -0.122. The van der Waals surface area contributed by atoms with Gasteiger partial charge in [-0.15, -0.1) is 0 Å². The van der Waals surface area contributed by atoms with Gasteiger partial charge in [0.2, 0.25) is 15.9 Å². The number of benzene rings is 3. The number of nitrogens with one attached hydrogen (secondary N) is 2. The summed E-state index contributed by atoms with van der Waals surface area (Å²) in [6.45, 7) is 0.290. The van der Waals surface area contributed by atoms with Crippen LogP contribution in [0.5, 0.6) is 0 Å². The predicted molar refractivity (Wildman–Crippen MR) is 122 cm³/mol. The minimum atomic E-state index is -3.80. The van der Waals surface area contributed by atoms with Gasteiger partial charge in [-0.05, 0) is 47.9 Å². The number of anilines is 1. The van der Waals surface area contributed by atoms with Gasteiger partial charge < -0.3 is 10.6 Å². The standard InChI is InChI=1S/C24H23N3O4S/c28-23-17-27(15-14-25-23)32(30,31)21-12-10-19(11-13-21)24(29)26-22-9-5-4-8-20(22)16-18-6-2-1-3-7-18/h1-13H,14-17H2,(H,25,28)(H,26,29). The number of rotatable bonds is 6.